The van der Waals surface area contributed by atoms with Crippen LogP contribution in [0.2, 0.25) is 0 Å². The van der Waals surface area contributed by atoms with Crippen LogP contribution < -0.4 is 0 Å². The molecule has 6 heteroatoms. The molecule has 1 N–H and O–H groups in total. The number of esters is 2. The maximum absolute atomic E-state index is 12.0. The van der Waals surface area contributed by atoms with Crippen molar-refractivity contribution in [3.63, 3.8) is 0 Å². The van der Waals surface area contributed by atoms with Crippen LogP contribution in [0.5, 0.6) is 0 Å². The van der Waals surface area contributed by atoms with Crippen molar-refractivity contribution < 1.29 is 29.0 Å². The van der Waals surface area contributed by atoms with Crippen molar-refractivity contribution in [2.75, 3.05) is 0 Å². The molecule has 6 nitrogen and oxygen atoms in total. The Hall–Kier alpha value is -2.11. The van der Waals surface area contributed by atoms with Crippen LogP contribution >= 0.6 is 0 Å². The van der Waals surface area contributed by atoms with Gasteiger partial charge >= 0.3 is 17.9 Å². The number of hydrogen-bond acceptors (Lipinski definition) is 5. The molecule has 1 aliphatic heterocycles. The molecule has 0 bridgehead atoms. The molecule has 21 heavy (non-hydrogen) atoms. The zero-order valence-electron chi connectivity index (χ0n) is 12.7. The second kappa shape index (κ2) is 5.35. The SMILES string of the molecule is C=C(C)C(=O)OC1(C)C(CC(=C)C(=O)O)C(=O)OC1(C)C. The number of aliphatic carboxylic acids is 1. The Balaban J connectivity index is 3.16. The Morgan fingerprint density at radius 1 is 1.33 bits per heavy atom. The van der Waals surface area contributed by atoms with E-state index in [1.54, 1.807) is 20.8 Å². The van der Waals surface area contributed by atoms with Gasteiger partial charge in [0.25, 0.3) is 0 Å². The largest absolute Gasteiger partial charge is 0.478 e. The van der Waals surface area contributed by atoms with Gasteiger partial charge in [-0.3, -0.25) is 4.79 Å². The molecule has 0 spiro atoms. The van der Waals surface area contributed by atoms with E-state index >= 15 is 0 Å². The van der Waals surface area contributed by atoms with Crippen molar-refractivity contribution in [1.82, 2.24) is 0 Å². The molecule has 0 aromatic carbocycles. The number of carbonyl (C=O) groups is 3. The van der Waals surface area contributed by atoms with Gasteiger partial charge in [0.2, 0.25) is 0 Å². The highest BCUT2D eigenvalue weighted by Crippen LogP contribution is 2.46. The summed E-state index contributed by atoms with van der Waals surface area (Å²) in [7, 11) is 0. The molecule has 1 rings (SSSR count). The molecule has 1 aliphatic rings. The molecule has 1 fully saturated rings. The molecular weight excluding hydrogens is 276 g/mol. The van der Waals surface area contributed by atoms with Crippen LogP contribution in [0.1, 0.15) is 34.1 Å². The summed E-state index contributed by atoms with van der Waals surface area (Å²) >= 11 is 0. The van der Waals surface area contributed by atoms with Crippen LogP contribution in [-0.2, 0) is 23.9 Å². The summed E-state index contributed by atoms with van der Waals surface area (Å²) in [6, 6.07) is 0. The lowest BCUT2D eigenvalue weighted by Crippen LogP contribution is -2.51. The highest BCUT2D eigenvalue weighted by atomic mass is 16.6. The Morgan fingerprint density at radius 2 is 1.86 bits per heavy atom. The maximum atomic E-state index is 12.0. The average molecular weight is 296 g/mol. The minimum absolute atomic E-state index is 0.146. The molecular formula is C15H20O6. The zero-order valence-corrected chi connectivity index (χ0v) is 12.7. The first kappa shape index (κ1) is 16.9. The van der Waals surface area contributed by atoms with Gasteiger partial charge in [-0.15, -0.1) is 0 Å². The molecule has 1 saturated heterocycles. The number of carboxylic acid groups (broad SMARTS) is 1. The normalized spacial score (nSPS) is 26.9. The summed E-state index contributed by atoms with van der Waals surface area (Å²) in [4.78, 5) is 34.8. The fourth-order valence-electron chi connectivity index (χ4n) is 2.15. The predicted octanol–water partition coefficient (Wildman–Crippen LogP) is 1.85. The Labute approximate surface area is 123 Å². The molecule has 2 unspecified atom stereocenters. The van der Waals surface area contributed by atoms with Gasteiger partial charge in [0.1, 0.15) is 11.5 Å². The average Bonchev–Trinajstić information content (AvgIpc) is 2.48. The third-order valence-corrected chi connectivity index (χ3v) is 3.91. The highest BCUT2D eigenvalue weighted by Gasteiger charge is 2.62. The summed E-state index contributed by atoms with van der Waals surface area (Å²) in [5.41, 5.74) is -2.36. The molecule has 1 heterocycles. The number of carboxylic acids is 1. The monoisotopic (exact) mass is 296 g/mol. The Kier molecular flexibility index (Phi) is 4.32. The lowest BCUT2D eigenvalue weighted by atomic mass is 9.76. The van der Waals surface area contributed by atoms with Crippen molar-refractivity contribution in [3.8, 4) is 0 Å². The quantitative estimate of drug-likeness (QED) is 0.615. The highest BCUT2D eigenvalue weighted by molar-refractivity contribution is 5.90. The lowest BCUT2D eigenvalue weighted by Gasteiger charge is -2.37. The number of cyclic esters (lactones) is 1. The summed E-state index contributed by atoms with van der Waals surface area (Å²) in [6.45, 7) is 13.2. The van der Waals surface area contributed by atoms with Crippen LogP contribution in [-0.4, -0.2) is 34.2 Å². The fourth-order valence-corrected chi connectivity index (χ4v) is 2.15. The molecule has 0 amide bonds. The smallest absolute Gasteiger partial charge is 0.333 e. The van der Waals surface area contributed by atoms with E-state index in [0.29, 0.717) is 0 Å². The van der Waals surface area contributed by atoms with E-state index in [9.17, 15) is 14.4 Å². The van der Waals surface area contributed by atoms with Crippen molar-refractivity contribution in [2.45, 2.75) is 45.3 Å². The molecule has 0 saturated carbocycles. The Morgan fingerprint density at radius 3 is 2.29 bits per heavy atom. The van der Waals surface area contributed by atoms with Gasteiger partial charge in [-0.2, -0.15) is 0 Å². The van der Waals surface area contributed by atoms with Crippen LogP contribution in [0.4, 0.5) is 0 Å². The number of rotatable bonds is 5. The van der Waals surface area contributed by atoms with Crippen LogP contribution in [0, 0.1) is 5.92 Å². The third kappa shape index (κ3) is 2.99. The summed E-state index contributed by atoms with van der Waals surface area (Å²) in [5, 5.41) is 8.93. The minimum atomic E-state index is -1.31. The van der Waals surface area contributed by atoms with E-state index in [1.165, 1.54) is 6.92 Å². The summed E-state index contributed by atoms with van der Waals surface area (Å²) in [5.74, 6) is -3.41. The van der Waals surface area contributed by atoms with Crippen LogP contribution in [0.15, 0.2) is 24.3 Å². The van der Waals surface area contributed by atoms with E-state index in [1.807, 2.05) is 0 Å². The van der Waals surface area contributed by atoms with Gasteiger partial charge in [0.15, 0.2) is 5.60 Å². The number of ether oxygens (including phenoxy) is 2. The van der Waals surface area contributed by atoms with E-state index < -0.39 is 35.0 Å². The van der Waals surface area contributed by atoms with Crippen LogP contribution in [0.3, 0.4) is 0 Å². The zero-order chi connectivity index (χ0) is 16.6. The minimum Gasteiger partial charge on any atom is -0.478 e. The van der Waals surface area contributed by atoms with Gasteiger partial charge in [0, 0.05) is 11.1 Å². The lowest BCUT2D eigenvalue weighted by molar-refractivity contribution is -0.174. The molecule has 0 radical (unpaired) electrons. The predicted molar refractivity (Wildman–Crippen MR) is 74.4 cm³/mol. The number of carbonyl (C=O) groups excluding carboxylic acids is 2. The third-order valence-electron chi connectivity index (χ3n) is 3.91. The molecule has 0 aromatic rings. The van der Waals surface area contributed by atoms with Gasteiger partial charge < -0.3 is 14.6 Å². The first-order valence-corrected chi connectivity index (χ1v) is 6.45. The topological polar surface area (TPSA) is 89.9 Å². The maximum Gasteiger partial charge on any atom is 0.333 e. The summed E-state index contributed by atoms with van der Waals surface area (Å²) in [6.07, 6.45) is -0.155. The van der Waals surface area contributed by atoms with E-state index in [4.69, 9.17) is 14.6 Å². The van der Waals surface area contributed by atoms with Crippen molar-refractivity contribution in [1.29, 1.82) is 0 Å². The van der Waals surface area contributed by atoms with E-state index in [-0.39, 0.29) is 17.6 Å². The van der Waals surface area contributed by atoms with Gasteiger partial charge in [0.05, 0.1) is 0 Å². The van der Waals surface area contributed by atoms with Gasteiger partial charge in [-0.25, -0.2) is 9.59 Å². The second-order valence-electron chi connectivity index (χ2n) is 5.87. The van der Waals surface area contributed by atoms with E-state index in [2.05, 4.69) is 13.2 Å². The fraction of sp³-hybridized carbons (Fsp3) is 0.533. The van der Waals surface area contributed by atoms with Gasteiger partial charge in [-0.1, -0.05) is 13.2 Å². The molecule has 0 aliphatic carbocycles. The first-order chi connectivity index (χ1) is 9.42. The molecule has 0 aromatic heterocycles. The van der Waals surface area contributed by atoms with Crippen LogP contribution in [0.25, 0.3) is 0 Å². The molecule has 2 atom stereocenters. The molecule has 116 valence electrons. The second-order valence-corrected chi connectivity index (χ2v) is 5.87. The van der Waals surface area contributed by atoms with Crippen molar-refractivity contribution >= 4 is 17.9 Å². The Bertz CT molecular complexity index is 530. The number of hydrogen-bond donors (Lipinski definition) is 1. The standard InChI is InChI=1S/C15H20O6/c1-8(2)12(18)21-15(6)10(7-9(3)11(16)17)13(19)20-14(15,4)5/h10H,1,3,7H2,2,4-6H3,(H,16,17). The van der Waals surface area contributed by atoms with Crippen molar-refractivity contribution in [2.24, 2.45) is 5.92 Å². The van der Waals surface area contributed by atoms with E-state index in [0.717, 1.165) is 0 Å². The van der Waals surface area contributed by atoms with Crippen molar-refractivity contribution in [3.05, 3.63) is 24.3 Å². The summed E-state index contributed by atoms with van der Waals surface area (Å²) < 4.78 is 10.7. The van der Waals surface area contributed by atoms with Gasteiger partial charge in [-0.05, 0) is 34.1 Å². The first-order valence-electron chi connectivity index (χ1n) is 6.45.